The minimum absolute atomic E-state index is 0.166. The molecule has 0 heterocycles. The minimum atomic E-state index is -0.914. The second kappa shape index (κ2) is 8.04. The van der Waals surface area contributed by atoms with Gasteiger partial charge in [-0.3, -0.25) is 14.9 Å². The van der Waals surface area contributed by atoms with Gasteiger partial charge in [-0.1, -0.05) is 23.2 Å². The normalized spacial score (nSPS) is 11.5. The number of methoxy groups -OCH3 is 1. The zero-order valence-corrected chi connectivity index (χ0v) is 14.8. The second-order valence-corrected chi connectivity index (χ2v) is 5.81. The Morgan fingerprint density at radius 1 is 1.20 bits per heavy atom. The number of ether oxygens (including phenoxy) is 2. The van der Waals surface area contributed by atoms with E-state index in [1.165, 1.54) is 38.3 Å². The van der Waals surface area contributed by atoms with Gasteiger partial charge < -0.3 is 14.8 Å². The molecule has 0 aromatic heterocycles. The maximum atomic E-state index is 12.3. The van der Waals surface area contributed by atoms with Crippen molar-refractivity contribution >= 4 is 40.5 Å². The molecule has 0 saturated carbocycles. The van der Waals surface area contributed by atoms with Gasteiger partial charge in [0.1, 0.15) is 11.5 Å². The highest BCUT2D eigenvalue weighted by Crippen LogP contribution is 2.30. The van der Waals surface area contributed by atoms with E-state index >= 15 is 0 Å². The van der Waals surface area contributed by atoms with Crippen LogP contribution in [0, 0.1) is 10.1 Å². The van der Waals surface area contributed by atoms with Crippen molar-refractivity contribution in [3.05, 3.63) is 56.6 Å². The molecule has 0 fully saturated rings. The Balaban J connectivity index is 2.15. The fourth-order valence-corrected chi connectivity index (χ4v) is 2.41. The lowest BCUT2D eigenvalue weighted by molar-refractivity contribution is -0.384. The largest absolute Gasteiger partial charge is 0.495 e. The van der Waals surface area contributed by atoms with Crippen LogP contribution in [0.3, 0.4) is 0 Å². The highest BCUT2D eigenvalue weighted by molar-refractivity contribution is 6.35. The molecule has 0 spiro atoms. The first kappa shape index (κ1) is 18.8. The number of non-ortho nitro benzene ring substituents is 1. The van der Waals surface area contributed by atoms with Gasteiger partial charge in [0.2, 0.25) is 0 Å². The molecule has 2 aromatic carbocycles. The van der Waals surface area contributed by atoms with Crippen LogP contribution in [0.25, 0.3) is 0 Å². The van der Waals surface area contributed by atoms with Gasteiger partial charge in [0.05, 0.1) is 22.7 Å². The third kappa shape index (κ3) is 4.74. The maximum Gasteiger partial charge on any atom is 0.271 e. The summed E-state index contributed by atoms with van der Waals surface area (Å²) in [5.41, 5.74) is -0.00947. The summed E-state index contributed by atoms with van der Waals surface area (Å²) in [5.74, 6) is 0.0558. The van der Waals surface area contributed by atoms with Gasteiger partial charge in [0.25, 0.3) is 11.6 Å². The number of hydrogen-bond donors (Lipinski definition) is 1. The number of amides is 1. The Morgan fingerprint density at radius 2 is 1.88 bits per heavy atom. The average Bonchev–Trinajstić information content (AvgIpc) is 2.57. The maximum absolute atomic E-state index is 12.3. The Labute approximate surface area is 153 Å². The Kier molecular flexibility index (Phi) is 6.06. The molecule has 0 unspecified atom stereocenters. The topological polar surface area (TPSA) is 90.7 Å². The van der Waals surface area contributed by atoms with Gasteiger partial charge in [0, 0.05) is 17.2 Å². The van der Waals surface area contributed by atoms with E-state index in [2.05, 4.69) is 5.32 Å². The van der Waals surface area contributed by atoms with Crippen LogP contribution in [0.5, 0.6) is 11.5 Å². The molecule has 0 radical (unpaired) electrons. The Bertz CT molecular complexity index is 813. The molecule has 25 heavy (non-hydrogen) atoms. The Hall–Kier alpha value is -2.51. The highest BCUT2D eigenvalue weighted by Gasteiger charge is 2.20. The van der Waals surface area contributed by atoms with Crippen molar-refractivity contribution in [2.45, 2.75) is 13.0 Å². The fourth-order valence-electron chi connectivity index (χ4n) is 1.96. The molecule has 2 aromatic rings. The number of nitro benzene ring substituents is 1. The molecule has 9 heteroatoms. The molecular weight excluding hydrogens is 371 g/mol. The SMILES string of the molecule is COc1ccc([N+](=O)[O-])cc1NC(=O)[C@H](C)Oc1ccc(Cl)cc1Cl. The zero-order valence-electron chi connectivity index (χ0n) is 13.3. The van der Waals surface area contributed by atoms with Crippen molar-refractivity contribution in [3.63, 3.8) is 0 Å². The number of nitro groups is 1. The average molecular weight is 385 g/mol. The quantitative estimate of drug-likeness (QED) is 0.591. The summed E-state index contributed by atoms with van der Waals surface area (Å²) in [6, 6.07) is 8.50. The summed E-state index contributed by atoms with van der Waals surface area (Å²) in [6.07, 6.45) is -0.914. The molecule has 0 aliphatic heterocycles. The third-order valence-electron chi connectivity index (χ3n) is 3.22. The summed E-state index contributed by atoms with van der Waals surface area (Å²) in [7, 11) is 1.39. The number of rotatable bonds is 6. The van der Waals surface area contributed by atoms with Gasteiger partial charge >= 0.3 is 0 Å². The van der Waals surface area contributed by atoms with E-state index in [0.717, 1.165) is 0 Å². The van der Waals surface area contributed by atoms with E-state index in [0.29, 0.717) is 10.8 Å². The van der Waals surface area contributed by atoms with Crippen LogP contribution in [-0.2, 0) is 4.79 Å². The number of carbonyl (C=O) groups is 1. The zero-order chi connectivity index (χ0) is 18.6. The second-order valence-electron chi connectivity index (χ2n) is 4.97. The summed E-state index contributed by atoms with van der Waals surface area (Å²) in [6.45, 7) is 1.52. The molecule has 0 bridgehead atoms. The standard InChI is InChI=1S/C16H14Cl2N2O5/c1-9(25-14-5-3-10(17)7-12(14)18)16(21)19-13-8-11(20(22)23)4-6-15(13)24-2/h3-9H,1-2H3,(H,19,21)/t9-/m0/s1. The number of anilines is 1. The fraction of sp³-hybridized carbons (Fsp3) is 0.188. The molecule has 0 aliphatic carbocycles. The number of carbonyl (C=O) groups excluding carboxylic acids is 1. The Morgan fingerprint density at radius 3 is 2.48 bits per heavy atom. The van der Waals surface area contributed by atoms with Crippen LogP contribution < -0.4 is 14.8 Å². The van der Waals surface area contributed by atoms with E-state index in [1.807, 2.05) is 0 Å². The predicted octanol–water partition coefficient (Wildman–Crippen LogP) is 4.32. The van der Waals surface area contributed by atoms with Gasteiger partial charge in [-0.2, -0.15) is 0 Å². The smallest absolute Gasteiger partial charge is 0.271 e. The van der Waals surface area contributed by atoms with E-state index in [1.54, 1.807) is 12.1 Å². The summed E-state index contributed by atoms with van der Waals surface area (Å²) < 4.78 is 10.6. The molecule has 1 N–H and O–H groups in total. The molecule has 0 saturated heterocycles. The van der Waals surface area contributed by atoms with Crippen molar-refractivity contribution in [3.8, 4) is 11.5 Å². The number of nitrogens with zero attached hydrogens (tertiary/aromatic N) is 1. The molecule has 1 atom stereocenters. The van der Waals surface area contributed by atoms with Gasteiger partial charge in [-0.25, -0.2) is 0 Å². The summed E-state index contributed by atoms with van der Waals surface area (Å²) >= 11 is 11.8. The van der Waals surface area contributed by atoms with Crippen LogP contribution in [0.15, 0.2) is 36.4 Å². The molecule has 2 rings (SSSR count). The van der Waals surface area contributed by atoms with Gasteiger partial charge in [0.15, 0.2) is 6.10 Å². The highest BCUT2D eigenvalue weighted by atomic mass is 35.5. The van der Waals surface area contributed by atoms with Crippen LogP contribution in [0.4, 0.5) is 11.4 Å². The van der Waals surface area contributed by atoms with Crippen LogP contribution in [0.1, 0.15) is 6.92 Å². The monoisotopic (exact) mass is 384 g/mol. The third-order valence-corrected chi connectivity index (χ3v) is 3.75. The van der Waals surface area contributed by atoms with Gasteiger partial charge in [-0.05, 0) is 31.2 Å². The lowest BCUT2D eigenvalue weighted by Gasteiger charge is -2.16. The van der Waals surface area contributed by atoms with E-state index < -0.39 is 16.9 Å². The van der Waals surface area contributed by atoms with Crippen LogP contribution >= 0.6 is 23.2 Å². The molecular formula is C16H14Cl2N2O5. The first-order valence-corrected chi connectivity index (χ1v) is 7.82. The number of hydrogen-bond acceptors (Lipinski definition) is 5. The van der Waals surface area contributed by atoms with Crippen molar-refractivity contribution in [1.82, 2.24) is 0 Å². The van der Waals surface area contributed by atoms with Crippen molar-refractivity contribution in [2.24, 2.45) is 0 Å². The first-order valence-electron chi connectivity index (χ1n) is 7.07. The lowest BCUT2D eigenvalue weighted by Crippen LogP contribution is -2.30. The summed E-state index contributed by atoms with van der Waals surface area (Å²) in [5, 5.41) is 14.1. The number of halogens is 2. The van der Waals surface area contributed by atoms with E-state index in [-0.39, 0.29) is 22.1 Å². The predicted molar refractivity (Wildman–Crippen MR) is 94.8 cm³/mol. The van der Waals surface area contributed by atoms with Gasteiger partial charge in [-0.15, -0.1) is 0 Å². The summed E-state index contributed by atoms with van der Waals surface area (Å²) in [4.78, 5) is 22.6. The lowest BCUT2D eigenvalue weighted by atomic mass is 10.2. The molecule has 1 amide bonds. The van der Waals surface area contributed by atoms with Crippen molar-refractivity contribution in [2.75, 3.05) is 12.4 Å². The first-order chi connectivity index (χ1) is 11.8. The van der Waals surface area contributed by atoms with E-state index in [4.69, 9.17) is 32.7 Å². The van der Waals surface area contributed by atoms with Crippen LogP contribution in [0.2, 0.25) is 10.0 Å². The van der Waals surface area contributed by atoms with Crippen molar-refractivity contribution in [1.29, 1.82) is 0 Å². The molecule has 132 valence electrons. The van der Waals surface area contributed by atoms with Crippen LogP contribution in [-0.4, -0.2) is 24.0 Å². The minimum Gasteiger partial charge on any atom is -0.495 e. The molecule has 7 nitrogen and oxygen atoms in total. The van der Waals surface area contributed by atoms with E-state index in [9.17, 15) is 14.9 Å². The molecule has 0 aliphatic rings. The number of benzene rings is 2. The van der Waals surface area contributed by atoms with Crippen molar-refractivity contribution < 1.29 is 19.2 Å². The number of nitrogens with one attached hydrogen (secondary N) is 1.